The van der Waals surface area contributed by atoms with Crippen molar-refractivity contribution in [3.05, 3.63) is 130 Å². The number of hydrogen-bond donors (Lipinski definition) is 2. The highest BCUT2D eigenvalue weighted by molar-refractivity contribution is 6.33. The van der Waals surface area contributed by atoms with E-state index in [4.69, 9.17) is 11.6 Å². The van der Waals surface area contributed by atoms with Crippen LogP contribution in [-0.2, 0) is 10.8 Å². The van der Waals surface area contributed by atoms with Crippen LogP contribution in [0, 0.1) is 0 Å². The Kier molecular flexibility index (Phi) is 8.49. The van der Waals surface area contributed by atoms with Crippen molar-refractivity contribution < 1.29 is 0 Å². The second-order valence-electron chi connectivity index (χ2n) is 13.6. The molecule has 0 atom stereocenters. The molecule has 2 nitrogen and oxygen atoms in total. The van der Waals surface area contributed by atoms with E-state index >= 15 is 0 Å². The average molecular weight is 601 g/mol. The van der Waals surface area contributed by atoms with Crippen molar-refractivity contribution in [2.45, 2.75) is 77.6 Å². The molecule has 226 valence electrons. The maximum absolute atomic E-state index is 7.01. The predicted octanol–water partition coefficient (Wildman–Crippen LogP) is 11.9. The normalized spacial score (nSPS) is 18.2. The molecule has 0 bridgehead atoms. The molecule has 0 amide bonds. The number of allylic oxidation sites excluding steroid dienone is 8. The first-order valence-electron chi connectivity index (χ1n) is 16.2. The molecule has 3 heteroatoms. The Bertz CT molecular complexity index is 1830. The van der Waals surface area contributed by atoms with E-state index in [1.807, 2.05) is 0 Å². The van der Waals surface area contributed by atoms with Gasteiger partial charge in [0.2, 0.25) is 0 Å². The summed E-state index contributed by atoms with van der Waals surface area (Å²) in [7, 11) is 0. The van der Waals surface area contributed by atoms with E-state index in [1.165, 1.54) is 73.7 Å². The summed E-state index contributed by atoms with van der Waals surface area (Å²) < 4.78 is 0. The molecule has 2 N–H and O–H groups in total. The van der Waals surface area contributed by atoms with Gasteiger partial charge in [0.25, 0.3) is 0 Å². The maximum atomic E-state index is 7.01. The summed E-state index contributed by atoms with van der Waals surface area (Å²) in [6.07, 6.45) is 14.3. The van der Waals surface area contributed by atoms with Crippen LogP contribution in [0.3, 0.4) is 0 Å². The quantitative estimate of drug-likeness (QED) is 0.187. The molecule has 1 aliphatic carbocycles. The minimum absolute atomic E-state index is 0.0421. The molecule has 0 saturated carbocycles. The first kappa shape index (κ1) is 30.3. The van der Waals surface area contributed by atoms with E-state index in [0.717, 1.165) is 30.8 Å². The van der Waals surface area contributed by atoms with Gasteiger partial charge in [-0.05, 0) is 93.1 Å². The molecule has 1 aliphatic heterocycles. The SMILES string of the molecule is CCCCNc1ccc2ccccc2c1C(C)(C)C/C=C/C1=C(Cl)C(=C/C=C2/Nc3ccc4ccccc4c3C2(C)C)/CC1. The lowest BCUT2D eigenvalue weighted by Gasteiger charge is -2.29. The highest BCUT2D eigenvalue weighted by Crippen LogP contribution is 2.47. The van der Waals surface area contributed by atoms with Crippen LogP contribution in [0.25, 0.3) is 21.5 Å². The van der Waals surface area contributed by atoms with E-state index in [-0.39, 0.29) is 10.8 Å². The van der Waals surface area contributed by atoms with Gasteiger partial charge in [-0.1, -0.05) is 132 Å². The van der Waals surface area contributed by atoms with Crippen LogP contribution >= 0.6 is 11.6 Å². The highest BCUT2D eigenvalue weighted by Gasteiger charge is 2.36. The molecule has 1 heterocycles. The van der Waals surface area contributed by atoms with Gasteiger partial charge in [-0.15, -0.1) is 0 Å². The number of halogens is 1. The number of unbranched alkanes of at least 4 members (excludes halogenated alkanes) is 1. The van der Waals surface area contributed by atoms with Crippen LogP contribution in [0.4, 0.5) is 11.4 Å². The minimum Gasteiger partial charge on any atom is -0.385 e. The fourth-order valence-electron chi connectivity index (χ4n) is 7.07. The molecule has 0 unspecified atom stereocenters. The lowest BCUT2D eigenvalue weighted by Crippen LogP contribution is -2.19. The Morgan fingerprint density at radius 3 is 2.36 bits per heavy atom. The number of rotatable bonds is 9. The van der Waals surface area contributed by atoms with Gasteiger partial charge in [-0.3, -0.25) is 0 Å². The number of hydrogen-bond acceptors (Lipinski definition) is 2. The average Bonchev–Trinajstić information content (AvgIpc) is 3.50. The molecule has 0 spiro atoms. The molecule has 0 saturated heterocycles. The van der Waals surface area contributed by atoms with Gasteiger partial charge in [-0.25, -0.2) is 0 Å². The number of benzene rings is 4. The van der Waals surface area contributed by atoms with Crippen LogP contribution in [0.5, 0.6) is 0 Å². The van der Waals surface area contributed by atoms with Crippen LogP contribution in [0.2, 0.25) is 0 Å². The lowest BCUT2D eigenvalue weighted by atomic mass is 9.77. The Balaban J connectivity index is 1.22. The van der Waals surface area contributed by atoms with E-state index in [0.29, 0.717) is 0 Å². The molecule has 2 aliphatic rings. The minimum atomic E-state index is -0.109. The molecule has 4 aromatic carbocycles. The summed E-state index contributed by atoms with van der Waals surface area (Å²) in [4.78, 5) is 0. The van der Waals surface area contributed by atoms with Crippen LogP contribution < -0.4 is 10.6 Å². The van der Waals surface area contributed by atoms with Crippen molar-refractivity contribution in [3.63, 3.8) is 0 Å². The fraction of sp³-hybridized carbons (Fsp3) is 0.317. The topological polar surface area (TPSA) is 24.1 Å². The summed E-state index contributed by atoms with van der Waals surface area (Å²) in [5.74, 6) is 0. The van der Waals surface area contributed by atoms with Crippen LogP contribution in [-0.4, -0.2) is 6.54 Å². The van der Waals surface area contributed by atoms with Crippen molar-refractivity contribution >= 4 is 44.5 Å². The second kappa shape index (κ2) is 12.3. The van der Waals surface area contributed by atoms with Crippen LogP contribution in [0.1, 0.15) is 77.8 Å². The Morgan fingerprint density at radius 2 is 1.59 bits per heavy atom. The maximum Gasteiger partial charge on any atom is 0.0470 e. The van der Waals surface area contributed by atoms with Gasteiger partial charge in [0.05, 0.1) is 0 Å². The molecule has 6 rings (SSSR count). The Labute approximate surface area is 268 Å². The monoisotopic (exact) mass is 600 g/mol. The molecule has 0 aromatic heterocycles. The third-order valence-corrected chi connectivity index (χ3v) is 10.1. The summed E-state index contributed by atoms with van der Waals surface area (Å²) >= 11 is 7.01. The van der Waals surface area contributed by atoms with Crippen molar-refractivity contribution in [2.24, 2.45) is 0 Å². The molecule has 0 fully saturated rings. The van der Waals surface area contributed by atoms with E-state index in [2.05, 4.69) is 142 Å². The fourth-order valence-corrected chi connectivity index (χ4v) is 7.39. The first-order valence-corrected chi connectivity index (χ1v) is 16.6. The molecular formula is C41H45ClN2. The molecular weight excluding hydrogens is 556 g/mol. The largest absolute Gasteiger partial charge is 0.385 e. The van der Waals surface area contributed by atoms with E-state index in [1.54, 1.807) is 0 Å². The summed E-state index contributed by atoms with van der Waals surface area (Å²) in [6, 6.07) is 26.4. The summed E-state index contributed by atoms with van der Waals surface area (Å²) in [6.45, 7) is 12.6. The van der Waals surface area contributed by atoms with Crippen molar-refractivity contribution in [3.8, 4) is 0 Å². The van der Waals surface area contributed by atoms with Gasteiger partial charge in [-0.2, -0.15) is 0 Å². The van der Waals surface area contributed by atoms with Gasteiger partial charge >= 0.3 is 0 Å². The second-order valence-corrected chi connectivity index (χ2v) is 13.9. The standard InChI is InChI=1S/C41H45ClN2/c1-6-7-27-43-34-23-20-28-13-8-10-16-32(28)37(34)40(2,3)26-12-15-30-18-19-31(39(30)42)22-25-36-41(4,5)38-33-17-11-9-14-29(33)21-24-35(38)44-36/h8-17,20-25,43-44H,6-7,18-19,26-27H2,1-5H3/b15-12+,31-22+,36-25+. The van der Waals surface area contributed by atoms with Crippen LogP contribution in [0.15, 0.2) is 119 Å². The predicted molar refractivity (Wildman–Crippen MR) is 193 cm³/mol. The zero-order valence-corrected chi connectivity index (χ0v) is 27.6. The zero-order valence-electron chi connectivity index (χ0n) is 26.9. The van der Waals surface area contributed by atoms with Gasteiger partial charge < -0.3 is 10.6 Å². The summed E-state index contributed by atoms with van der Waals surface area (Å²) in [5, 5.41) is 13.6. The van der Waals surface area contributed by atoms with Crippen molar-refractivity contribution in [1.82, 2.24) is 0 Å². The van der Waals surface area contributed by atoms with Crippen molar-refractivity contribution in [1.29, 1.82) is 0 Å². The van der Waals surface area contributed by atoms with Crippen molar-refractivity contribution in [2.75, 3.05) is 17.2 Å². The Morgan fingerprint density at radius 1 is 0.886 bits per heavy atom. The highest BCUT2D eigenvalue weighted by atomic mass is 35.5. The number of fused-ring (bicyclic) bond motifs is 4. The van der Waals surface area contributed by atoms with Gasteiger partial charge in [0.15, 0.2) is 0 Å². The third kappa shape index (κ3) is 5.73. The molecule has 4 aromatic rings. The third-order valence-electron chi connectivity index (χ3n) is 9.57. The van der Waals surface area contributed by atoms with E-state index < -0.39 is 0 Å². The number of anilines is 2. The van der Waals surface area contributed by atoms with Gasteiger partial charge in [0.1, 0.15) is 0 Å². The lowest BCUT2D eigenvalue weighted by molar-refractivity contribution is 0.540. The Hall–Kier alpha value is -3.75. The molecule has 44 heavy (non-hydrogen) atoms. The van der Waals surface area contributed by atoms with E-state index in [9.17, 15) is 0 Å². The smallest absolute Gasteiger partial charge is 0.0470 e. The molecule has 0 radical (unpaired) electrons. The van der Waals surface area contributed by atoms with Gasteiger partial charge in [0, 0.05) is 34.1 Å². The number of nitrogens with one attached hydrogen (secondary N) is 2. The zero-order chi connectivity index (χ0) is 30.9. The summed E-state index contributed by atoms with van der Waals surface area (Å²) in [5.41, 5.74) is 8.74. The first-order chi connectivity index (χ1) is 21.2.